The fraction of sp³-hybridized carbons (Fsp3) is 0.128. The van der Waals surface area contributed by atoms with Crippen molar-refractivity contribution in [2.24, 2.45) is 0 Å². The molecule has 204 valence electrons. The predicted octanol–water partition coefficient (Wildman–Crippen LogP) is 11.9. The molecule has 2 nitrogen and oxygen atoms in total. The Kier molecular flexibility index (Phi) is 5.80. The third kappa shape index (κ3) is 3.91. The molecule has 0 saturated heterocycles. The number of allylic oxidation sites excluding steroid dienone is 4. The van der Waals surface area contributed by atoms with E-state index in [1.807, 2.05) is 12.1 Å². The number of nitrogens with zero attached hydrogens (tertiary/aromatic N) is 1. The number of hydrogen-bond acceptors (Lipinski definition) is 2. The number of hydrogen-bond donors (Lipinski definition) is 0. The zero-order chi connectivity index (χ0) is 28.4. The molecule has 0 radical (unpaired) electrons. The molecule has 1 heterocycles. The molecule has 0 spiro atoms. The van der Waals surface area contributed by atoms with Gasteiger partial charge in [0.25, 0.3) is 0 Å². The second kappa shape index (κ2) is 9.61. The first-order chi connectivity index (χ1) is 20.5. The van der Waals surface area contributed by atoms with Gasteiger partial charge in [0.15, 0.2) is 0 Å². The van der Waals surface area contributed by atoms with Crippen molar-refractivity contribution >= 4 is 60.5 Å². The van der Waals surface area contributed by atoms with Gasteiger partial charge in [0.1, 0.15) is 11.2 Å². The van der Waals surface area contributed by atoms with Crippen LogP contribution < -0.4 is 4.90 Å². The molecule has 3 heteroatoms. The van der Waals surface area contributed by atoms with Gasteiger partial charge in [0.2, 0.25) is 0 Å². The number of anilines is 3. The molecule has 0 atom stereocenters. The van der Waals surface area contributed by atoms with E-state index in [1.54, 1.807) is 0 Å². The lowest BCUT2D eigenvalue weighted by atomic mass is 9.80. The maximum atomic E-state index is 6.24. The van der Waals surface area contributed by atoms with Crippen LogP contribution in [-0.2, 0) is 5.41 Å². The maximum Gasteiger partial charge on any atom is 0.135 e. The number of furan rings is 1. The van der Waals surface area contributed by atoms with Crippen molar-refractivity contribution in [3.63, 3.8) is 0 Å². The van der Waals surface area contributed by atoms with Crippen molar-refractivity contribution in [3.05, 3.63) is 143 Å². The summed E-state index contributed by atoms with van der Waals surface area (Å²) in [6, 6.07) is 39.2. The Hall–Kier alpha value is -4.34. The Morgan fingerprint density at radius 1 is 0.714 bits per heavy atom. The van der Waals surface area contributed by atoms with E-state index >= 15 is 0 Å². The summed E-state index contributed by atoms with van der Waals surface area (Å²) in [6.07, 6.45) is 6.85. The Balaban J connectivity index is 1.36. The van der Waals surface area contributed by atoms with Crippen molar-refractivity contribution in [3.8, 4) is 11.1 Å². The largest absolute Gasteiger partial charge is 0.456 e. The van der Waals surface area contributed by atoms with Crippen LogP contribution in [0, 0.1) is 0 Å². The molecular formula is C39H30BrNO. The summed E-state index contributed by atoms with van der Waals surface area (Å²) in [4.78, 5) is 2.44. The molecule has 0 N–H and O–H groups in total. The molecule has 0 aliphatic heterocycles. The van der Waals surface area contributed by atoms with Crippen LogP contribution in [0.25, 0.3) is 38.6 Å². The highest BCUT2D eigenvalue weighted by molar-refractivity contribution is 9.10. The van der Waals surface area contributed by atoms with E-state index in [0.717, 1.165) is 50.6 Å². The van der Waals surface area contributed by atoms with Crippen LogP contribution in [0.15, 0.2) is 136 Å². The van der Waals surface area contributed by atoms with Gasteiger partial charge in [-0.1, -0.05) is 96.5 Å². The molecule has 2 aliphatic rings. The lowest BCUT2D eigenvalue weighted by molar-refractivity contribution is 0.651. The number of halogens is 1. The summed E-state index contributed by atoms with van der Waals surface area (Å²) in [5.74, 6) is 0. The SMILES string of the molecule is CC1(C)C2=C(CCC=C2)c2c(N(c3ccc(-c4ccccc4)cc3)c3ccc4oc5ccc(Br)cc5c4c3)cccc21. The zero-order valence-corrected chi connectivity index (χ0v) is 25.3. The van der Waals surface area contributed by atoms with Gasteiger partial charge < -0.3 is 9.32 Å². The topological polar surface area (TPSA) is 16.4 Å². The van der Waals surface area contributed by atoms with Gasteiger partial charge in [-0.25, -0.2) is 0 Å². The molecular weight excluding hydrogens is 578 g/mol. The van der Waals surface area contributed by atoms with E-state index in [9.17, 15) is 0 Å². The molecule has 8 rings (SSSR count). The summed E-state index contributed by atoms with van der Waals surface area (Å²) in [7, 11) is 0. The van der Waals surface area contributed by atoms with Gasteiger partial charge in [-0.2, -0.15) is 0 Å². The third-order valence-corrected chi connectivity index (χ3v) is 9.50. The van der Waals surface area contributed by atoms with Gasteiger partial charge in [0.05, 0.1) is 5.69 Å². The summed E-state index contributed by atoms with van der Waals surface area (Å²) < 4.78 is 7.28. The minimum atomic E-state index is -0.0303. The Labute approximate surface area is 254 Å². The average molecular weight is 609 g/mol. The quantitative estimate of drug-likeness (QED) is 0.198. The normalized spacial score (nSPS) is 15.3. The smallest absolute Gasteiger partial charge is 0.135 e. The van der Waals surface area contributed by atoms with Gasteiger partial charge in [-0.15, -0.1) is 0 Å². The highest BCUT2D eigenvalue weighted by Crippen LogP contribution is 2.54. The van der Waals surface area contributed by atoms with E-state index in [0.29, 0.717) is 0 Å². The highest BCUT2D eigenvalue weighted by atomic mass is 79.9. The molecule has 0 unspecified atom stereocenters. The molecule has 6 aromatic rings. The van der Waals surface area contributed by atoms with Gasteiger partial charge in [0, 0.05) is 37.6 Å². The molecule has 2 aliphatic carbocycles. The van der Waals surface area contributed by atoms with Crippen molar-refractivity contribution in [1.29, 1.82) is 0 Å². The van der Waals surface area contributed by atoms with Crippen LogP contribution in [0.2, 0.25) is 0 Å². The standard InChI is InChI=1S/C39H30BrNO/c1-39(2)33-12-7-6-11-30(33)38-34(39)13-8-14-35(38)41(28-18-15-26(16-19-28)25-9-4-3-5-10-25)29-20-22-37-32(24-29)31-23-27(40)17-21-36(31)42-37/h3-5,7-10,12-24H,6,11H2,1-2H3. The highest BCUT2D eigenvalue weighted by Gasteiger charge is 2.39. The molecule has 0 amide bonds. The first-order valence-corrected chi connectivity index (χ1v) is 15.4. The summed E-state index contributed by atoms with van der Waals surface area (Å²) in [6.45, 7) is 4.74. The first kappa shape index (κ1) is 25.4. The molecule has 1 aromatic heterocycles. The van der Waals surface area contributed by atoms with Crippen LogP contribution in [0.3, 0.4) is 0 Å². The Morgan fingerprint density at radius 2 is 1.43 bits per heavy atom. The molecule has 0 saturated carbocycles. The van der Waals surface area contributed by atoms with E-state index in [2.05, 4.69) is 144 Å². The second-order valence-electron chi connectivity index (χ2n) is 11.8. The minimum absolute atomic E-state index is 0.0303. The Morgan fingerprint density at radius 3 is 2.24 bits per heavy atom. The van der Waals surface area contributed by atoms with E-state index in [-0.39, 0.29) is 5.41 Å². The van der Waals surface area contributed by atoms with E-state index in [4.69, 9.17) is 4.42 Å². The second-order valence-corrected chi connectivity index (χ2v) is 12.7. The van der Waals surface area contributed by atoms with Crippen molar-refractivity contribution < 1.29 is 4.42 Å². The van der Waals surface area contributed by atoms with Crippen molar-refractivity contribution in [2.75, 3.05) is 4.90 Å². The Bertz CT molecular complexity index is 2060. The lowest BCUT2D eigenvalue weighted by Gasteiger charge is -2.29. The molecule has 5 aromatic carbocycles. The van der Waals surface area contributed by atoms with Crippen molar-refractivity contribution in [2.45, 2.75) is 32.1 Å². The van der Waals surface area contributed by atoms with Crippen molar-refractivity contribution in [1.82, 2.24) is 0 Å². The summed E-state index contributed by atoms with van der Waals surface area (Å²) >= 11 is 3.66. The fourth-order valence-corrected chi connectivity index (χ4v) is 7.32. The van der Waals surface area contributed by atoms with E-state index < -0.39 is 0 Å². The minimum Gasteiger partial charge on any atom is -0.456 e. The number of fused-ring (bicyclic) bond motifs is 5. The molecule has 0 fully saturated rings. The fourth-order valence-electron chi connectivity index (χ4n) is 6.96. The number of benzene rings is 5. The predicted molar refractivity (Wildman–Crippen MR) is 180 cm³/mol. The van der Waals surface area contributed by atoms with Gasteiger partial charge >= 0.3 is 0 Å². The monoisotopic (exact) mass is 607 g/mol. The number of rotatable bonds is 4. The van der Waals surface area contributed by atoms with Gasteiger partial charge in [-0.05, 0) is 95.3 Å². The maximum absolute atomic E-state index is 6.24. The summed E-state index contributed by atoms with van der Waals surface area (Å²) in [5.41, 5.74) is 13.4. The van der Waals surface area contributed by atoms with E-state index in [1.165, 1.54) is 39.1 Å². The van der Waals surface area contributed by atoms with Gasteiger partial charge in [-0.3, -0.25) is 0 Å². The average Bonchev–Trinajstić information content (AvgIpc) is 3.50. The molecule has 42 heavy (non-hydrogen) atoms. The van der Waals surface area contributed by atoms with Crippen LogP contribution in [-0.4, -0.2) is 0 Å². The van der Waals surface area contributed by atoms with Crippen LogP contribution >= 0.6 is 15.9 Å². The summed E-state index contributed by atoms with van der Waals surface area (Å²) in [5, 5.41) is 2.23. The van der Waals surface area contributed by atoms with Crippen LogP contribution in [0.4, 0.5) is 17.1 Å². The zero-order valence-electron chi connectivity index (χ0n) is 23.7. The van der Waals surface area contributed by atoms with Crippen LogP contribution in [0.1, 0.15) is 37.8 Å². The lowest BCUT2D eigenvalue weighted by Crippen LogP contribution is -2.17. The molecule has 0 bridgehead atoms. The van der Waals surface area contributed by atoms with Crippen LogP contribution in [0.5, 0.6) is 0 Å². The third-order valence-electron chi connectivity index (χ3n) is 9.01. The first-order valence-electron chi connectivity index (χ1n) is 14.6.